The fraction of sp³-hybridized carbons (Fsp3) is 0.222. The molecule has 0 aliphatic carbocycles. The first-order valence-electron chi connectivity index (χ1n) is 12.8. The number of aromatic amines is 1. The lowest BCUT2D eigenvalue weighted by atomic mass is 10.2. The third kappa shape index (κ3) is 4.39. The summed E-state index contributed by atoms with van der Waals surface area (Å²) in [5.41, 5.74) is 1.97. The van der Waals surface area contributed by atoms with Crippen LogP contribution in [-0.2, 0) is 15.3 Å². The molecule has 2 saturated heterocycles. The maximum Gasteiger partial charge on any atom is 0.329 e. The van der Waals surface area contributed by atoms with Gasteiger partial charge < -0.3 is 24.7 Å². The molecule has 42 heavy (non-hydrogen) atoms. The third-order valence-electron chi connectivity index (χ3n) is 7.19. The van der Waals surface area contributed by atoms with Gasteiger partial charge in [0.25, 0.3) is 5.56 Å². The van der Waals surface area contributed by atoms with E-state index in [0.717, 1.165) is 0 Å². The molecule has 0 spiro atoms. The maximum absolute atomic E-state index is 14.1. The molecule has 0 saturated carbocycles. The van der Waals surface area contributed by atoms with Crippen LogP contribution in [0.25, 0.3) is 27.8 Å². The summed E-state index contributed by atoms with van der Waals surface area (Å²) in [4.78, 5) is 61.2. The van der Waals surface area contributed by atoms with Crippen LogP contribution in [-0.4, -0.2) is 72.2 Å². The van der Waals surface area contributed by atoms with Crippen molar-refractivity contribution in [3.63, 3.8) is 0 Å². The number of esters is 1. The molecule has 5 aromatic rings. The van der Waals surface area contributed by atoms with Gasteiger partial charge in [-0.1, -0.05) is 29.4 Å². The number of urea groups is 1. The summed E-state index contributed by atoms with van der Waals surface area (Å²) in [5.74, 6) is 0.603. The summed E-state index contributed by atoms with van der Waals surface area (Å²) in [6, 6.07) is 8.97. The molecule has 212 valence electrons. The number of anilines is 1. The second-order valence-electron chi connectivity index (χ2n) is 9.65. The number of nitrogens with one attached hydrogen (secondary N) is 2. The van der Waals surface area contributed by atoms with E-state index < -0.39 is 23.6 Å². The Morgan fingerprint density at radius 3 is 2.93 bits per heavy atom. The van der Waals surface area contributed by atoms with Crippen molar-refractivity contribution in [2.75, 3.05) is 19.0 Å². The van der Waals surface area contributed by atoms with Crippen LogP contribution in [0.15, 0.2) is 58.9 Å². The van der Waals surface area contributed by atoms with Crippen LogP contribution in [0.3, 0.4) is 0 Å². The number of fused-ring (bicyclic) bond motifs is 4. The molecule has 0 unspecified atom stereocenters. The Morgan fingerprint density at radius 2 is 2.12 bits per heavy atom. The molecule has 2 fully saturated rings. The normalized spacial score (nSPS) is 17.7. The highest BCUT2D eigenvalue weighted by Gasteiger charge is 2.48. The van der Waals surface area contributed by atoms with Crippen LogP contribution >= 0.6 is 23.4 Å². The van der Waals surface area contributed by atoms with Gasteiger partial charge in [-0.05, 0) is 30.3 Å². The summed E-state index contributed by atoms with van der Waals surface area (Å²) in [5, 5.41) is 3.98. The minimum Gasteiger partial charge on any atom is -0.495 e. The zero-order valence-electron chi connectivity index (χ0n) is 21.9. The Balaban J connectivity index is 1.30. The van der Waals surface area contributed by atoms with E-state index in [1.54, 1.807) is 36.4 Å². The standard InChI is InChI=1S/C27H21ClN8O5S/c1-40-19-6-5-13(33-27(39)35-9-14-8-18(35)26(38)41-14)7-17(19)36-20(34-16-4-2-3-15(28)21(16)25(36)37)10-42-24-22-23(30-11-29-22)31-12-32-24/h2-7,11-12,14,18H,8-10H2,1H3,(H,33,39)(H,29,30,31,32)/t14-,18-/m1/s1. The molecule has 0 radical (unpaired) electrons. The average molecular weight is 605 g/mol. The van der Waals surface area contributed by atoms with E-state index in [1.165, 1.54) is 41.0 Å². The van der Waals surface area contributed by atoms with Crippen molar-refractivity contribution in [2.24, 2.45) is 0 Å². The summed E-state index contributed by atoms with van der Waals surface area (Å²) in [6.45, 7) is 0.325. The summed E-state index contributed by atoms with van der Waals surface area (Å²) < 4.78 is 12.3. The van der Waals surface area contributed by atoms with Gasteiger partial charge in [0.15, 0.2) is 5.65 Å². The third-order valence-corrected chi connectivity index (χ3v) is 8.49. The fourth-order valence-electron chi connectivity index (χ4n) is 5.28. The topological polar surface area (TPSA) is 157 Å². The Labute approximate surface area is 246 Å². The van der Waals surface area contributed by atoms with Crippen molar-refractivity contribution in [3.8, 4) is 11.4 Å². The number of carbonyl (C=O) groups is 2. The summed E-state index contributed by atoms with van der Waals surface area (Å²) in [7, 11) is 1.49. The number of imidazole rings is 1. The predicted molar refractivity (Wildman–Crippen MR) is 154 cm³/mol. The van der Waals surface area contributed by atoms with Gasteiger partial charge in [-0.25, -0.2) is 29.5 Å². The molecule has 2 bridgehead atoms. The van der Waals surface area contributed by atoms with E-state index >= 15 is 0 Å². The van der Waals surface area contributed by atoms with Gasteiger partial charge >= 0.3 is 12.0 Å². The van der Waals surface area contributed by atoms with Crippen LogP contribution in [0.1, 0.15) is 12.2 Å². The van der Waals surface area contributed by atoms with Gasteiger partial charge in [-0.3, -0.25) is 9.36 Å². The van der Waals surface area contributed by atoms with Crippen LogP contribution in [0.5, 0.6) is 5.75 Å². The molecule has 2 aliphatic heterocycles. The van der Waals surface area contributed by atoms with Gasteiger partial charge in [0.05, 0.1) is 47.3 Å². The molecule has 2 amide bonds. The lowest BCUT2D eigenvalue weighted by Gasteiger charge is -2.26. The molecular formula is C27H21ClN8O5S. The highest BCUT2D eigenvalue weighted by molar-refractivity contribution is 7.98. The minimum atomic E-state index is -0.603. The minimum absolute atomic E-state index is 0.238. The van der Waals surface area contributed by atoms with Crippen LogP contribution in [0, 0.1) is 0 Å². The van der Waals surface area contributed by atoms with Crippen molar-refractivity contribution in [1.82, 2.24) is 34.4 Å². The molecule has 2 aromatic carbocycles. The first-order chi connectivity index (χ1) is 20.4. The second-order valence-corrected chi connectivity index (χ2v) is 11.0. The maximum atomic E-state index is 14.1. The van der Waals surface area contributed by atoms with Crippen molar-refractivity contribution in [1.29, 1.82) is 0 Å². The number of H-pyrrole nitrogens is 1. The number of aromatic nitrogens is 6. The molecular weight excluding hydrogens is 584 g/mol. The van der Waals surface area contributed by atoms with E-state index in [2.05, 4.69) is 25.3 Å². The van der Waals surface area contributed by atoms with Crippen molar-refractivity contribution in [3.05, 3.63) is 70.3 Å². The average Bonchev–Trinajstić information content (AvgIpc) is 3.72. The second kappa shape index (κ2) is 10.3. The molecule has 15 heteroatoms. The van der Waals surface area contributed by atoms with Crippen LogP contribution in [0.2, 0.25) is 5.02 Å². The van der Waals surface area contributed by atoms with Gasteiger partial charge in [0.1, 0.15) is 40.6 Å². The number of thioether (sulfide) groups is 1. The van der Waals surface area contributed by atoms with Gasteiger partial charge in [-0.2, -0.15) is 0 Å². The van der Waals surface area contributed by atoms with E-state index in [-0.39, 0.29) is 22.3 Å². The van der Waals surface area contributed by atoms with E-state index in [0.29, 0.717) is 57.6 Å². The Morgan fingerprint density at radius 1 is 1.24 bits per heavy atom. The number of benzene rings is 2. The molecule has 13 nitrogen and oxygen atoms in total. The van der Waals surface area contributed by atoms with Crippen LogP contribution < -0.4 is 15.6 Å². The van der Waals surface area contributed by atoms with E-state index in [9.17, 15) is 14.4 Å². The Bertz CT molecular complexity index is 1960. The van der Waals surface area contributed by atoms with Crippen molar-refractivity contribution in [2.45, 2.75) is 29.3 Å². The van der Waals surface area contributed by atoms with Crippen molar-refractivity contribution < 1.29 is 19.1 Å². The molecule has 3 aromatic heterocycles. The van der Waals surface area contributed by atoms with Gasteiger partial charge in [0, 0.05) is 12.1 Å². The number of likely N-dealkylation sites (tertiary alicyclic amines) is 1. The Kier molecular flexibility index (Phi) is 6.43. The lowest BCUT2D eigenvalue weighted by Crippen LogP contribution is -2.46. The smallest absolute Gasteiger partial charge is 0.329 e. The highest BCUT2D eigenvalue weighted by Crippen LogP contribution is 2.33. The van der Waals surface area contributed by atoms with Gasteiger partial charge in [0.2, 0.25) is 0 Å². The first kappa shape index (κ1) is 26.2. The number of rotatable bonds is 6. The number of amides is 2. The zero-order chi connectivity index (χ0) is 29.0. The van der Waals surface area contributed by atoms with Gasteiger partial charge in [-0.15, -0.1) is 0 Å². The molecule has 5 heterocycles. The number of ether oxygens (including phenoxy) is 2. The SMILES string of the molecule is COc1ccc(NC(=O)N2C[C@H]3C[C@@H]2C(=O)O3)cc1-n1c(CSc2ncnc3nc[nH]c23)nc2cccc(Cl)c2c1=O. The highest BCUT2D eigenvalue weighted by atomic mass is 35.5. The largest absolute Gasteiger partial charge is 0.495 e. The van der Waals surface area contributed by atoms with Crippen LogP contribution in [0.4, 0.5) is 10.5 Å². The summed E-state index contributed by atoms with van der Waals surface area (Å²) in [6.07, 6.45) is 3.16. The molecule has 2 N–H and O–H groups in total. The fourth-order valence-corrected chi connectivity index (χ4v) is 6.40. The quantitative estimate of drug-likeness (QED) is 0.167. The summed E-state index contributed by atoms with van der Waals surface area (Å²) >= 11 is 7.82. The number of carbonyl (C=O) groups excluding carboxylic acids is 2. The molecule has 2 atom stereocenters. The number of nitrogens with zero attached hydrogens (tertiary/aromatic N) is 6. The molecule has 2 aliphatic rings. The number of morpholine rings is 1. The predicted octanol–water partition coefficient (Wildman–Crippen LogP) is 3.54. The Hall–Kier alpha value is -4.69. The number of hydrogen-bond acceptors (Lipinski definition) is 10. The first-order valence-corrected chi connectivity index (χ1v) is 14.2. The van der Waals surface area contributed by atoms with E-state index in [4.69, 9.17) is 26.1 Å². The molecule has 7 rings (SSSR count). The monoisotopic (exact) mass is 604 g/mol. The van der Waals surface area contributed by atoms with E-state index in [1.807, 2.05) is 0 Å². The number of hydrogen-bond donors (Lipinski definition) is 2. The van der Waals surface area contributed by atoms with Crippen molar-refractivity contribution >= 4 is 63.1 Å². The lowest BCUT2D eigenvalue weighted by molar-refractivity contribution is -0.149. The number of methoxy groups -OCH3 is 1. The zero-order valence-corrected chi connectivity index (χ0v) is 23.5. The number of halogens is 1.